The Morgan fingerprint density at radius 2 is 2.32 bits per heavy atom. The summed E-state index contributed by atoms with van der Waals surface area (Å²) in [5.74, 6) is 0.320. The van der Waals surface area contributed by atoms with Gasteiger partial charge < -0.3 is 15.1 Å². The molecule has 0 aromatic carbocycles. The van der Waals surface area contributed by atoms with Crippen LogP contribution in [-0.4, -0.2) is 41.2 Å². The lowest BCUT2D eigenvalue weighted by molar-refractivity contribution is -0.125. The lowest BCUT2D eigenvalue weighted by Gasteiger charge is -2.34. The van der Waals surface area contributed by atoms with E-state index in [1.165, 1.54) is 11.3 Å². The van der Waals surface area contributed by atoms with E-state index in [0.29, 0.717) is 30.1 Å². The van der Waals surface area contributed by atoms with Crippen LogP contribution in [0.4, 0.5) is 0 Å². The molecule has 1 aromatic rings. The van der Waals surface area contributed by atoms with Gasteiger partial charge in [0.15, 0.2) is 5.84 Å². The van der Waals surface area contributed by atoms with Crippen molar-refractivity contribution in [2.45, 2.75) is 44.8 Å². The number of amidine groups is 1. The van der Waals surface area contributed by atoms with Gasteiger partial charge in [-0.2, -0.15) is 0 Å². The molecule has 0 bridgehead atoms. The lowest BCUT2D eigenvalue weighted by Crippen LogP contribution is -2.52. The molecule has 0 saturated carbocycles. The average Bonchev–Trinajstić information content (AvgIpc) is 3.18. The molecule has 3 rings (SSSR count). The summed E-state index contributed by atoms with van der Waals surface area (Å²) in [5.41, 5.74) is 0. The predicted molar refractivity (Wildman–Crippen MR) is 83.7 cm³/mol. The van der Waals surface area contributed by atoms with Crippen molar-refractivity contribution >= 4 is 29.0 Å². The molecule has 118 valence electrons. The van der Waals surface area contributed by atoms with Crippen LogP contribution >= 0.6 is 11.3 Å². The van der Waals surface area contributed by atoms with Gasteiger partial charge in [-0.1, -0.05) is 11.2 Å². The van der Waals surface area contributed by atoms with Gasteiger partial charge in [0.1, 0.15) is 12.1 Å². The minimum absolute atomic E-state index is 0.00879. The molecule has 2 amide bonds. The molecule has 0 radical (unpaired) electrons. The van der Waals surface area contributed by atoms with Crippen molar-refractivity contribution in [3.63, 3.8) is 0 Å². The molecule has 0 aliphatic carbocycles. The lowest BCUT2D eigenvalue weighted by atomic mass is 10.0. The summed E-state index contributed by atoms with van der Waals surface area (Å²) in [6.07, 6.45) is 3.16. The molecule has 6 nitrogen and oxygen atoms in total. The topological polar surface area (TPSA) is 71.0 Å². The molecule has 22 heavy (non-hydrogen) atoms. The van der Waals surface area contributed by atoms with Crippen LogP contribution < -0.4 is 5.32 Å². The molecule has 2 aliphatic heterocycles. The Morgan fingerprint density at radius 3 is 3.00 bits per heavy atom. The number of likely N-dealkylation sites (tertiary alicyclic amines) is 1. The van der Waals surface area contributed by atoms with Gasteiger partial charge in [0, 0.05) is 13.0 Å². The molecule has 1 saturated heterocycles. The maximum Gasteiger partial charge on any atom is 0.264 e. The Bertz CT molecular complexity index is 585. The van der Waals surface area contributed by atoms with Gasteiger partial charge in [-0.15, -0.1) is 11.3 Å². The van der Waals surface area contributed by atoms with Crippen molar-refractivity contribution in [3.05, 3.63) is 22.4 Å². The van der Waals surface area contributed by atoms with Crippen LogP contribution in [-0.2, 0) is 9.63 Å². The highest BCUT2D eigenvalue weighted by Gasteiger charge is 2.34. The zero-order valence-electron chi connectivity index (χ0n) is 12.4. The van der Waals surface area contributed by atoms with Gasteiger partial charge in [0.2, 0.25) is 5.91 Å². The number of thiophene rings is 1. The molecule has 2 atom stereocenters. The van der Waals surface area contributed by atoms with Crippen molar-refractivity contribution < 1.29 is 14.4 Å². The van der Waals surface area contributed by atoms with Crippen molar-refractivity contribution in [2.24, 2.45) is 5.16 Å². The number of amides is 2. The first kappa shape index (κ1) is 15.0. The van der Waals surface area contributed by atoms with Gasteiger partial charge in [0.05, 0.1) is 4.88 Å². The minimum atomic E-state index is -0.429. The van der Waals surface area contributed by atoms with Crippen molar-refractivity contribution in [3.8, 4) is 0 Å². The molecule has 7 heteroatoms. The number of nitrogens with one attached hydrogen (secondary N) is 1. The van der Waals surface area contributed by atoms with Gasteiger partial charge in [-0.3, -0.25) is 9.59 Å². The molecule has 1 fully saturated rings. The zero-order chi connectivity index (χ0) is 15.5. The van der Waals surface area contributed by atoms with E-state index in [2.05, 4.69) is 10.5 Å². The predicted octanol–water partition coefficient (Wildman–Crippen LogP) is 1.98. The third-order valence-electron chi connectivity index (χ3n) is 3.89. The number of hydrogen-bond acceptors (Lipinski definition) is 5. The molecule has 1 aromatic heterocycles. The highest BCUT2D eigenvalue weighted by molar-refractivity contribution is 7.12. The number of hydrogen-bond donors (Lipinski definition) is 1. The molecular formula is C15H19N3O3S. The quantitative estimate of drug-likeness (QED) is 0.905. The van der Waals surface area contributed by atoms with Gasteiger partial charge in [0.25, 0.3) is 5.91 Å². The third-order valence-corrected chi connectivity index (χ3v) is 4.75. The summed E-state index contributed by atoms with van der Waals surface area (Å²) in [4.78, 5) is 32.5. The molecule has 0 unspecified atom stereocenters. The van der Waals surface area contributed by atoms with Crippen LogP contribution in [0.15, 0.2) is 22.7 Å². The summed E-state index contributed by atoms with van der Waals surface area (Å²) < 4.78 is 0. The fraction of sp³-hybridized carbons (Fsp3) is 0.533. The molecule has 2 aliphatic rings. The van der Waals surface area contributed by atoms with Gasteiger partial charge in [-0.25, -0.2) is 0 Å². The number of rotatable bonds is 2. The summed E-state index contributed by atoms with van der Waals surface area (Å²) in [7, 11) is 0. The number of nitrogens with zero attached hydrogens (tertiary/aromatic N) is 2. The first-order chi connectivity index (χ1) is 10.6. The summed E-state index contributed by atoms with van der Waals surface area (Å²) in [6, 6.07) is 3.22. The molecule has 0 spiro atoms. The van der Waals surface area contributed by atoms with Crippen LogP contribution in [0.25, 0.3) is 0 Å². The fourth-order valence-corrected chi connectivity index (χ4v) is 3.47. The van der Waals surface area contributed by atoms with Crippen molar-refractivity contribution in [1.29, 1.82) is 0 Å². The Balaban J connectivity index is 1.69. The monoisotopic (exact) mass is 321 g/mol. The second-order valence-corrected chi connectivity index (χ2v) is 6.58. The van der Waals surface area contributed by atoms with E-state index in [0.717, 1.165) is 12.8 Å². The Kier molecular flexibility index (Phi) is 4.42. The highest BCUT2D eigenvalue weighted by Crippen LogP contribution is 2.22. The second-order valence-electron chi connectivity index (χ2n) is 5.63. The van der Waals surface area contributed by atoms with E-state index in [1.807, 2.05) is 18.4 Å². The number of carbonyl (C=O) groups excluding carboxylic acids is 2. The van der Waals surface area contributed by atoms with Crippen LogP contribution in [0.3, 0.4) is 0 Å². The maximum atomic E-state index is 12.6. The van der Waals surface area contributed by atoms with Gasteiger partial charge >= 0.3 is 0 Å². The summed E-state index contributed by atoms with van der Waals surface area (Å²) in [5, 5.41) is 8.53. The third kappa shape index (κ3) is 3.14. The minimum Gasteiger partial charge on any atom is -0.391 e. The normalized spacial score (nSPS) is 24.6. The average molecular weight is 321 g/mol. The highest BCUT2D eigenvalue weighted by atomic mass is 32.1. The smallest absolute Gasteiger partial charge is 0.264 e. The fourth-order valence-electron chi connectivity index (χ4n) is 2.79. The summed E-state index contributed by atoms with van der Waals surface area (Å²) >= 11 is 1.40. The molecule has 3 heterocycles. The van der Waals surface area contributed by atoms with E-state index in [1.54, 1.807) is 11.0 Å². The number of piperidine rings is 1. The zero-order valence-corrected chi connectivity index (χ0v) is 13.3. The van der Waals surface area contributed by atoms with E-state index < -0.39 is 6.04 Å². The van der Waals surface area contributed by atoms with Crippen LogP contribution in [0.1, 0.15) is 42.3 Å². The second kappa shape index (κ2) is 6.48. The summed E-state index contributed by atoms with van der Waals surface area (Å²) in [6.45, 7) is 2.52. The number of oxime groups is 1. The standard InChI is InChI=1S/C15H19N3O3S/c1-10-9-13(17-21-10)16-14(19)11-5-2-3-7-18(11)15(20)12-6-4-8-22-12/h4,6,8,10-11H,2-3,5,7,9H2,1H3,(H,16,17,19)/t10-,11+/m1/s1. The van der Waals surface area contributed by atoms with Crippen molar-refractivity contribution in [1.82, 2.24) is 10.2 Å². The molecular weight excluding hydrogens is 302 g/mol. The molecule has 1 N–H and O–H groups in total. The maximum absolute atomic E-state index is 12.6. The van der Waals surface area contributed by atoms with Crippen LogP contribution in [0.2, 0.25) is 0 Å². The Labute approximate surface area is 133 Å². The van der Waals surface area contributed by atoms with E-state index in [9.17, 15) is 9.59 Å². The van der Waals surface area contributed by atoms with E-state index in [-0.39, 0.29) is 17.9 Å². The van der Waals surface area contributed by atoms with E-state index in [4.69, 9.17) is 4.84 Å². The van der Waals surface area contributed by atoms with Gasteiger partial charge in [-0.05, 0) is 37.6 Å². The van der Waals surface area contributed by atoms with Crippen molar-refractivity contribution in [2.75, 3.05) is 6.54 Å². The van der Waals surface area contributed by atoms with Crippen LogP contribution in [0, 0.1) is 0 Å². The SMILES string of the molecule is C[C@@H]1CC(NC(=O)[C@@H]2CCCCN2C(=O)c2cccs2)=NO1. The Hall–Kier alpha value is -1.89. The largest absolute Gasteiger partial charge is 0.391 e. The van der Waals surface area contributed by atoms with E-state index >= 15 is 0 Å². The first-order valence-electron chi connectivity index (χ1n) is 7.53. The number of carbonyl (C=O) groups is 2. The Morgan fingerprint density at radius 1 is 1.45 bits per heavy atom. The van der Waals surface area contributed by atoms with Crippen LogP contribution in [0.5, 0.6) is 0 Å². The first-order valence-corrected chi connectivity index (χ1v) is 8.41.